The van der Waals surface area contributed by atoms with E-state index in [4.69, 9.17) is 0 Å². The van der Waals surface area contributed by atoms with Crippen LogP contribution in [-0.4, -0.2) is 11.6 Å². The summed E-state index contributed by atoms with van der Waals surface area (Å²) in [5.41, 5.74) is 1.16. The number of hydrogen-bond donors (Lipinski definition) is 0. The minimum atomic E-state index is -0.139. The van der Waals surface area contributed by atoms with Crippen LogP contribution in [0.3, 0.4) is 0 Å². The zero-order valence-electron chi connectivity index (χ0n) is 14.5. The Bertz CT molecular complexity index is 497. The molecule has 0 radical (unpaired) electrons. The fourth-order valence-electron chi connectivity index (χ4n) is 1.60. The van der Waals surface area contributed by atoms with Crippen molar-refractivity contribution >= 4 is 51.5 Å². The van der Waals surface area contributed by atoms with Gasteiger partial charge in [0.25, 0.3) is 0 Å². The van der Waals surface area contributed by atoms with Gasteiger partial charge in [0.05, 0.1) is 6.42 Å². The molecule has 0 unspecified atom stereocenters. The van der Waals surface area contributed by atoms with Crippen molar-refractivity contribution in [3.05, 3.63) is 71.8 Å². The van der Waals surface area contributed by atoms with Crippen LogP contribution in [0.1, 0.15) is 69.7 Å². The number of halogens is 2. The number of Topliss-reactive ketones (excluding diaryl/α,β-unsaturated/α-hetero) is 2. The van der Waals surface area contributed by atoms with E-state index in [0.717, 1.165) is 0 Å². The Labute approximate surface area is 189 Å². The van der Waals surface area contributed by atoms with Gasteiger partial charge in [0.2, 0.25) is 0 Å². The summed E-state index contributed by atoms with van der Waals surface area (Å²) in [5, 5.41) is 0. The topological polar surface area (TPSA) is 34.1 Å². The molecule has 0 bridgehead atoms. The van der Waals surface area contributed by atoms with Gasteiger partial charge in [0.15, 0.2) is 11.6 Å². The van der Waals surface area contributed by atoms with Crippen LogP contribution < -0.4 is 0 Å². The summed E-state index contributed by atoms with van der Waals surface area (Å²) in [6.45, 7) is 8.00. The average Bonchev–Trinajstić information content (AvgIpc) is 2.67. The van der Waals surface area contributed by atoms with Crippen LogP contribution in [0.25, 0.3) is 0 Å². The van der Waals surface area contributed by atoms with Crippen LogP contribution in [0.4, 0.5) is 0 Å². The Balaban J connectivity index is -0.000000239. The molecule has 0 fully saturated rings. The van der Waals surface area contributed by atoms with Gasteiger partial charge in [-0.25, -0.2) is 0 Å². The molecule has 0 aromatic heterocycles. The summed E-state index contributed by atoms with van der Waals surface area (Å²) in [5.74, 6) is -0.279. The third-order valence-electron chi connectivity index (χ3n) is 2.51. The molecule has 2 rings (SSSR count). The fourth-order valence-corrected chi connectivity index (χ4v) is 1.60. The molecule has 0 amide bonds. The van der Waals surface area contributed by atoms with Crippen LogP contribution in [-0.2, 0) is 9.47 Å². The maximum atomic E-state index is 11.8. The van der Waals surface area contributed by atoms with E-state index < -0.39 is 0 Å². The van der Waals surface area contributed by atoms with Crippen molar-refractivity contribution < 1.29 is 19.1 Å². The van der Waals surface area contributed by atoms with Gasteiger partial charge in [-0.3, -0.25) is 9.59 Å². The SMILES string of the molecule is C.C.CC.CC.O=C(CC(=O)c1ccccc1)c1ccccc1.[I][V][I]. The van der Waals surface area contributed by atoms with E-state index >= 15 is 0 Å². The summed E-state index contributed by atoms with van der Waals surface area (Å²) in [7, 11) is 0.628. The van der Waals surface area contributed by atoms with E-state index in [-0.39, 0.29) is 32.8 Å². The first-order chi connectivity index (χ1) is 11.7. The second kappa shape index (κ2) is 24.8. The van der Waals surface area contributed by atoms with E-state index in [1.165, 1.54) is 0 Å². The van der Waals surface area contributed by atoms with Crippen LogP contribution in [0.5, 0.6) is 0 Å². The number of ketones is 2. The zero-order valence-corrected chi connectivity index (χ0v) is 20.2. The van der Waals surface area contributed by atoms with Crippen molar-refractivity contribution in [2.75, 3.05) is 0 Å². The van der Waals surface area contributed by atoms with Gasteiger partial charge in [-0.1, -0.05) is 103 Å². The Morgan fingerprint density at radius 1 is 0.692 bits per heavy atom. The van der Waals surface area contributed by atoms with Crippen LogP contribution in [0, 0.1) is 0 Å². The van der Waals surface area contributed by atoms with E-state index in [9.17, 15) is 9.59 Å². The molecule has 147 valence electrons. The standard InChI is InChI=1S/C15H12O2.2C2H6.2CH4.2HI.V/c16-14(12-7-3-1-4-8-12)11-15(17)13-9-5-2-6-10-13;2*1-2;;;;;/h1-10H,11H2;2*1-2H3;2*1H4;2*1H;/q;;;;;;;+2/p-2. The monoisotopic (exact) mass is 621 g/mol. The first-order valence-electron chi connectivity index (χ1n) is 7.77. The van der Waals surface area contributed by atoms with Gasteiger partial charge in [0, 0.05) is 11.1 Å². The summed E-state index contributed by atoms with van der Waals surface area (Å²) in [6, 6.07) is 17.7. The van der Waals surface area contributed by atoms with E-state index in [1.807, 2.05) is 39.8 Å². The van der Waals surface area contributed by atoms with Crippen molar-refractivity contribution in [3.8, 4) is 0 Å². The third-order valence-corrected chi connectivity index (χ3v) is 2.51. The Kier molecular flexibility index (Phi) is 31.9. The first kappa shape index (κ1) is 33.4. The summed E-state index contributed by atoms with van der Waals surface area (Å²) in [4.78, 5) is 23.6. The Morgan fingerprint density at radius 2 is 0.923 bits per heavy atom. The Hall–Kier alpha value is -0.176. The van der Waals surface area contributed by atoms with Crippen molar-refractivity contribution in [1.29, 1.82) is 0 Å². The van der Waals surface area contributed by atoms with E-state index in [2.05, 4.69) is 40.0 Å². The molecule has 0 saturated heterocycles. The van der Waals surface area contributed by atoms with Crippen LogP contribution in [0.15, 0.2) is 60.7 Å². The van der Waals surface area contributed by atoms with Gasteiger partial charge in [-0.2, -0.15) is 0 Å². The van der Waals surface area contributed by atoms with Gasteiger partial charge in [-0.15, -0.1) is 0 Å². The molecule has 0 aliphatic rings. The molecular formula is C21H32I2O2V. The minimum absolute atomic E-state index is 0. The predicted octanol–water partition coefficient (Wildman–Crippen LogP) is 8.24. The molecule has 0 atom stereocenters. The molecule has 0 spiro atoms. The number of rotatable bonds is 4. The second-order valence-electron chi connectivity index (χ2n) is 3.82. The van der Waals surface area contributed by atoms with Gasteiger partial charge in [-0.05, 0) is 0 Å². The Morgan fingerprint density at radius 3 is 1.15 bits per heavy atom. The number of benzene rings is 2. The summed E-state index contributed by atoms with van der Waals surface area (Å²) in [6.07, 6.45) is -0.0754. The maximum absolute atomic E-state index is 11.8. The third kappa shape index (κ3) is 16.0. The molecule has 0 saturated carbocycles. The fraction of sp³-hybridized carbons (Fsp3) is 0.333. The molecule has 26 heavy (non-hydrogen) atoms. The zero-order chi connectivity index (χ0) is 18.8. The second-order valence-corrected chi connectivity index (χ2v) is 15.6. The van der Waals surface area contributed by atoms with E-state index in [0.29, 0.717) is 20.6 Å². The quantitative estimate of drug-likeness (QED) is 0.196. The van der Waals surface area contributed by atoms with E-state index in [1.54, 1.807) is 48.5 Å². The summed E-state index contributed by atoms with van der Waals surface area (Å²) < 4.78 is 0. The molecule has 0 N–H and O–H groups in total. The molecule has 2 aromatic rings. The van der Waals surface area contributed by atoms with Gasteiger partial charge in [0.1, 0.15) is 0 Å². The predicted molar refractivity (Wildman–Crippen MR) is 130 cm³/mol. The van der Waals surface area contributed by atoms with Gasteiger partial charge >= 0.3 is 49.4 Å². The average molecular weight is 621 g/mol. The molecule has 2 aromatic carbocycles. The van der Waals surface area contributed by atoms with Crippen molar-refractivity contribution in [2.45, 2.75) is 49.0 Å². The van der Waals surface area contributed by atoms with Crippen LogP contribution in [0.2, 0.25) is 0 Å². The van der Waals surface area contributed by atoms with Crippen LogP contribution >= 0.6 is 40.0 Å². The van der Waals surface area contributed by atoms with Crippen molar-refractivity contribution in [1.82, 2.24) is 0 Å². The number of carbonyl (C=O) groups is 2. The molecule has 0 aliphatic carbocycles. The number of hydrogen-bond acceptors (Lipinski definition) is 2. The normalized spacial score (nSPS) is 7.46. The van der Waals surface area contributed by atoms with Crippen molar-refractivity contribution in [3.63, 3.8) is 0 Å². The molecule has 0 aliphatic heterocycles. The molecule has 0 heterocycles. The number of carbonyl (C=O) groups excluding carboxylic acids is 2. The van der Waals surface area contributed by atoms with Gasteiger partial charge < -0.3 is 0 Å². The first-order valence-corrected chi connectivity index (χ1v) is 16.8. The molecule has 5 heteroatoms. The molecular weight excluding hydrogens is 589 g/mol. The molecule has 2 nitrogen and oxygen atoms in total. The van der Waals surface area contributed by atoms with Crippen molar-refractivity contribution in [2.24, 2.45) is 0 Å². The summed E-state index contributed by atoms with van der Waals surface area (Å²) >= 11 is 4.74.